The molecule has 21 heavy (non-hydrogen) atoms. The Morgan fingerprint density at radius 1 is 1.19 bits per heavy atom. The summed E-state index contributed by atoms with van der Waals surface area (Å²) >= 11 is 1.85. The van der Waals surface area contributed by atoms with E-state index in [2.05, 4.69) is 58.0 Å². The van der Waals surface area contributed by atoms with Crippen molar-refractivity contribution in [3.63, 3.8) is 0 Å². The molecule has 2 N–H and O–H groups in total. The van der Waals surface area contributed by atoms with Gasteiger partial charge >= 0.3 is 0 Å². The number of hydrogen-bond acceptors (Lipinski definition) is 3. The van der Waals surface area contributed by atoms with Gasteiger partial charge in [0.1, 0.15) is 11.9 Å². The summed E-state index contributed by atoms with van der Waals surface area (Å²) in [5.41, 5.74) is 8.92. The smallest absolute Gasteiger partial charge is 0.135 e. The van der Waals surface area contributed by atoms with Crippen LogP contribution in [0.4, 0.5) is 0 Å². The fraction of sp³-hybridized carbons (Fsp3) is 0.444. The second kappa shape index (κ2) is 5.15. The Balaban J connectivity index is 1.89. The molecule has 1 aromatic heterocycles. The molecular formula is C18H23NOS. The third-order valence-corrected chi connectivity index (χ3v) is 5.59. The van der Waals surface area contributed by atoms with Crippen molar-refractivity contribution >= 4 is 11.3 Å². The van der Waals surface area contributed by atoms with Gasteiger partial charge < -0.3 is 10.5 Å². The van der Waals surface area contributed by atoms with E-state index in [0.29, 0.717) is 0 Å². The number of rotatable bonds is 1. The van der Waals surface area contributed by atoms with Gasteiger partial charge in [0.15, 0.2) is 0 Å². The molecule has 0 bridgehead atoms. The van der Waals surface area contributed by atoms with Crippen LogP contribution < -0.4 is 10.5 Å². The van der Waals surface area contributed by atoms with E-state index in [0.717, 1.165) is 17.7 Å². The largest absolute Gasteiger partial charge is 0.484 e. The minimum absolute atomic E-state index is 0.0545. The molecule has 0 amide bonds. The number of benzene rings is 1. The SMILES string of the molecule is Cc1ccc2c(c1)[C@@H](N)CC(c1ccc(C(C)(C)C)s1)O2. The van der Waals surface area contributed by atoms with E-state index in [1.54, 1.807) is 0 Å². The monoisotopic (exact) mass is 301 g/mol. The summed E-state index contributed by atoms with van der Waals surface area (Å²) in [6.07, 6.45) is 0.928. The van der Waals surface area contributed by atoms with Crippen LogP contribution >= 0.6 is 11.3 Å². The van der Waals surface area contributed by atoms with Crippen molar-refractivity contribution in [3.05, 3.63) is 51.2 Å². The highest BCUT2D eigenvalue weighted by molar-refractivity contribution is 7.12. The van der Waals surface area contributed by atoms with Crippen molar-refractivity contribution in [2.45, 2.75) is 51.7 Å². The van der Waals surface area contributed by atoms with Crippen molar-refractivity contribution in [1.82, 2.24) is 0 Å². The molecule has 0 saturated heterocycles. The van der Waals surface area contributed by atoms with Crippen LogP contribution in [-0.4, -0.2) is 0 Å². The van der Waals surface area contributed by atoms with E-state index in [9.17, 15) is 0 Å². The van der Waals surface area contributed by atoms with Gasteiger partial charge in [0.2, 0.25) is 0 Å². The van der Waals surface area contributed by atoms with Gasteiger partial charge in [-0.25, -0.2) is 0 Å². The fourth-order valence-corrected chi connectivity index (χ4v) is 3.84. The lowest BCUT2D eigenvalue weighted by Crippen LogP contribution is -2.23. The maximum absolute atomic E-state index is 6.36. The van der Waals surface area contributed by atoms with Crippen LogP contribution in [0, 0.1) is 6.92 Å². The van der Waals surface area contributed by atoms with Crippen molar-refractivity contribution in [1.29, 1.82) is 0 Å². The van der Waals surface area contributed by atoms with Gasteiger partial charge in [-0.3, -0.25) is 0 Å². The zero-order valence-corrected chi connectivity index (χ0v) is 14.0. The Labute approximate surface area is 130 Å². The van der Waals surface area contributed by atoms with Crippen LogP contribution in [0.5, 0.6) is 5.75 Å². The highest BCUT2D eigenvalue weighted by atomic mass is 32.1. The summed E-state index contributed by atoms with van der Waals surface area (Å²) in [4.78, 5) is 2.67. The van der Waals surface area contributed by atoms with E-state index in [-0.39, 0.29) is 17.6 Å². The fourth-order valence-electron chi connectivity index (χ4n) is 2.73. The number of aryl methyl sites for hydroxylation is 1. The zero-order valence-electron chi connectivity index (χ0n) is 13.1. The Bertz CT molecular complexity index is 653. The highest BCUT2D eigenvalue weighted by Gasteiger charge is 2.29. The van der Waals surface area contributed by atoms with E-state index >= 15 is 0 Å². The van der Waals surface area contributed by atoms with Gasteiger partial charge in [-0.15, -0.1) is 11.3 Å². The molecule has 0 fully saturated rings. The van der Waals surface area contributed by atoms with Gasteiger partial charge in [0.05, 0.1) is 0 Å². The number of fused-ring (bicyclic) bond motifs is 1. The molecule has 1 aromatic carbocycles. The molecule has 2 nitrogen and oxygen atoms in total. The van der Waals surface area contributed by atoms with Crippen molar-refractivity contribution in [2.24, 2.45) is 5.73 Å². The predicted octanol–water partition coefficient (Wildman–Crippen LogP) is 4.88. The number of ether oxygens (including phenoxy) is 1. The van der Waals surface area contributed by atoms with E-state index in [1.165, 1.54) is 15.3 Å². The highest BCUT2D eigenvalue weighted by Crippen LogP contribution is 2.43. The molecule has 3 heteroatoms. The predicted molar refractivity (Wildman–Crippen MR) is 89.1 cm³/mol. The second-order valence-corrected chi connectivity index (χ2v) is 8.06. The Kier molecular flexibility index (Phi) is 3.58. The van der Waals surface area contributed by atoms with Gasteiger partial charge in [-0.05, 0) is 30.5 Å². The molecule has 112 valence electrons. The first kappa shape index (κ1) is 14.6. The summed E-state index contributed by atoms with van der Waals surface area (Å²) < 4.78 is 6.20. The molecule has 3 rings (SSSR count). The summed E-state index contributed by atoms with van der Waals surface area (Å²) in [6, 6.07) is 10.8. The zero-order chi connectivity index (χ0) is 15.2. The van der Waals surface area contributed by atoms with Gasteiger partial charge in [0.25, 0.3) is 0 Å². The standard InChI is InChI=1S/C18H23NOS/c1-11-5-6-14-12(9-11)13(19)10-15(20-14)16-7-8-17(21-16)18(2,3)4/h5-9,13,15H,10,19H2,1-4H3/t13-,15?/m0/s1. The van der Waals surface area contributed by atoms with Gasteiger partial charge in [0, 0.05) is 27.8 Å². The molecule has 0 radical (unpaired) electrons. The third-order valence-electron chi connectivity index (χ3n) is 3.99. The van der Waals surface area contributed by atoms with Crippen LogP contribution in [0.1, 0.15) is 60.2 Å². The average molecular weight is 301 g/mol. The van der Waals surface area contributed by atoms with E-state index < -0.39 is 0 Å². The number of nitrogens with two attached hydrogens (primary N) is 1. The lowest BCUT2D eigenvalue weighted by Gasteiger charge is -2.30. The lowest BCUT2D eigenvalue weighted by molar-refractivity contribution is 0.165. The normalized spacial score (nSPS) is 21.8. The quantitative estimate of drug-likeness (QED) is 0.815. The van der Waals surface area contributed by atoms with E-state index in [1.807, 2.05) is 11.3 Å². The topological polar surface area (TPSA) is 35.2 Å². The maximum atomic E-state index is 6.36. The van der Waals surface area contributed by atoms with Crippen molar-refractivity contribution in [3.8, 4) is 5.75 Å². The summed E-state index contributed by atoms with van der Waals surface area (Å²) in [6.45, 7) is 8.82. The molecular weight excluding hydrogens is 278 g/mol. The molecule has 0 aliphatic carbocycles. The van der Waals surface area contributed by atoms with Crippen LogP contribution in [-0.2, 0) is 5.41 Å². The average Bonchev–Trinajstić information content (AvgIpc) is 2.89. The molecule has 0 spiro atoms. The maximum Gasteiger partial charge on any atom is 0.135 e. The third kappa shape index (κ3) is 2.85. The van der Waals surface area contributed by atoms with Crippen molar-refractivity contribution in [2.75, 3.05) is 0 Å². The first-order valence-electron chi connectivity index (χ1n) is 7.47. The first-order valence-corrected chi connectivity index (χ1v) is 8.29. The molecule has 2 aromatic rings. The van der Waals surface area contributed by atoms with Crippen molar-refractivity contribution < 1.29 is 4.74 Å². The summed E-state index contributed by atoms with van der Waals surface area (Å²) in [5, 5.41) is 0. The number of hydrogen-bond donors (Lipinski definition) is 1. The van der Waals surface area contributed by atoms with Crippen LogP contribution in [0.15, 0.2) is 30.3 Å². The summed E-state index contributed by atoms with van der Waals surface area (Å²) in [7, 11) is 0. The van der Waals surface area contributed by atoms with Crippen LogP contribution in [0.25, 0.3) is 0 Å². The lowest BCUT2D eigenvalue weighted by atomic mass is 9.94. The summed E-state index contributed by atoms with van der Waals surface area (Å²) in [5.74, 6) is 0.940. The van der Waals surface area contributed by atoms with Crippen LogP contribution in [0.2, 0.25) is 0 Å². The second-order valence-electron chi connectivity index (χ2n) is 6.94. The first-order chi connectivity index (χ1) is 9.84. The molecule has 1 aliphatic rings. The molecule has 1 aliphatic heterocycles. The Hall–Kier alpha value is -1.32. The molecule has 2 atom stereocenters. The Morgan fingerprint density at radius 3 is 2.62 bits per heavy atom. The number of thiophene rings is 1. The minimum atomic E-state index is 0.0545. The van der Waals surface area contributed by atoms with Gasteiger partial charge in [-0.1, -0.05) is 38.5 Å². The van der Waals surface area contributed by atoms with Gasteiger partial charge in [-0.2, -0.15) is 0 Å². The minimum Gasteiger partial charge on any atom is -0.484 e. The molecule has 2 heterocycles. The Morgan fingerprint density at radius 2 is 1.95 bits per heavy atom. The van der Waals surface area contributed by atoms with E-state index in [4.69, 9.17) is 10.5 Å². The molecule has 1 unspecified atom stereocenters. The molecule has 0 saturated carbocycles. The van der Waals surface area contributed by atoms with Crippen LogP contribution in [0.3, 0.4) is 0 Å².